The molecule has 7 heteroatoms. The number of nitrogens with zero attached hydrogens (tertiary/aromatic N) is 5. The number of anilines is 1. The molecule has 0 saturated carbocycles. The number of hydrogen-bond donors (Lipinski definition) is 1. The molecule has 1 aliphatic rings. The summed E-state index contributed by atoms with van der Waals surface area (Å²) in [4.78, 5) is 13.1. The molecule has 1 amide bonds. The largest absolute Gasteiger partial charge is 0.366 e. The number of nitrogens with two attached hydrogens (primary N) is 1. The zero-order valence-electron chi connectivity index (χ0n) is 10.5. The fraction of sp³-hybridized carbons (Fsp3) is 0.333. The topological polar surface area (TPSA) is 89.9 Å². The molecule has 0 bridgehead atoms. The second-order valence-electron chi connectivity index (χ2n) is 4.66. The minimum Gasteiger partial charge on any atom is -0.366 e. The Labute approximate surface area is 110 Å². The van der Waals surface area contributed by atoms with Crippen molar-refractivity contribution in [3.63, 3.8) is 0 Å². The number of aryl methyl sites for hydroxylation is 1. The predicted molar refractivity (Wildman–Crippen MR) is 68.8 cm³/mol. The van der Waals surface area contributed by atoms with Gasteiger partial charge in [0, 0.05) is 19.3 Å². The molecule has 0 radical (unpaired) electrons. The maximum Gasteiger partial charge on any atom is 0.251 e. The molecule has 0 aliphatic carbocycles. The van der Waals surface area contributed by atoms with Gasteiger partial charge in [-0.05, 0) is 19.1 Å². The molecular weight excluding hydrogens is 244 g/mol. The van der Waals surface area contributed by atoms with Crippen LogP contribution in [0.1, 0.15) is 22.1 Å². The second-order valence-corrected chi connectivity index (χ2v) is 4.66. The van der Waals surface area contributed by atoms with Gasteiger partial charge in [0.1, 0.15) is 0 Å². The van der Waals surface area contributed by atoms with Crippen LogP contribution < -0.4 is 10.6 Å². The Morgan fingerprint density at radius 2 is 2.16 bits per heavy atom. The van der Waals surface area contributed by atoms with Gasteiger partial charge in [-0.15, -0.1) is 5.10 Å². The quantitative estimate of drug-likeness (QED) is 0.845. The summed E-state index contributed by atoms with van der Waals surface area (Å²) >= 11 is 0. The highest BCUT2D eigenvalue weighted by Gasteiger charge is 2.30. The standard InChI is InChI=1S/C12H14N6O/c1-8-2-3-11(16-15-8)17-6-10(7-17)18-5-9(4-14-18)12(13)19/h2-5,10H,6-7H2,1H3,(H2,13,19). The summed E-state index contributed by atoms with van der Waals surface area (Å²) in [6.45, 7) is 3.51. The number of hydrogen-bond acceptors (Lipinski definition) is 5. The van der Waals surface area contributed by atoms with Crippen molar-refractivity contribution in [3.05, 3.63) is 35.8 Å². The van der Waals surface area contributed by atoms with Gasteiger partial charge < -0.3 is 10.6 Å². The molecule has 0 unspecified atom stereocenters. The molecule has 7 nitrogen and oxygen atoms in total. The van der Waals surface area contributed by atoms with Crippen LogP contribution in [-0.2, 0) is 0 Å². The predicted octanol–water partition coefficient (Wildman–Crippen LogP) is 0.142. The molecule has 3 rings (SSSR count). The van der Waals surface area contributed by atoms with Gasteiger partial charge in [0.25, 0.3) is 5.91 Å². The van der Waals surface area contributed by atoms with Gasteiger partial charge in [0.15, 0.2) is 5.82 Å². The van der Waals surface area contributed by atoms with Crippen molar-refractivity contribution >= 4 is 11.7 Å². The highest BCUT2D eigenvalue weighted by molar-refractivity contribution is 5.92. The lowest BCUT2D eigenvalue weighted by atomic mass is 10.1. The van der Waals surface area contributed by atoms with Crippen molar-refractivity contribution in [1.29, 1.82) is 0 Å². The molecule has 98 valence electrons. The third-order valence-corrected chi connectivity index (χ3v) is 3.23. The normalized spacial score (nSPS) is 15.3. The first-order chi connectivity index (χ1) is 9.13. The maximum atomic E-state index is 11.0. The molecule has 2 aromatic rings. The molecule has 0 spiro atoms. The smallest absolute Gasteiger partial charge is 0.251 e. The van der Waals surface area contributed by atoms with Gasteiger partial charge >= 0.3 is 0 Å². The zero-order valence-corrected chi connectivity index (χ0v) is 10.5. The third-order valence-electron chi connectivity index (χ3n) is 3.23. The van der Waals surface area contributed by atoms with Crippen molar-refractivity contribution in [2.45, 2.75) is 13.0 Å². The SMILES string of the molecule is Cc1ccc(N2CC(n3cc(C(N)=O)cn3)C2)nn1. The number of aromatic nitrogens is 4. The van der Waals surface area contributed by atoms with E-state index in [1.807, 2.05) is 19.1 Å². The van der Waals surface area contributed by atoms with E-state index < -0.39 is 5.91 Å². The van der Waals surface area contributed by atoms with Crippen LogP contribution in [0, 0.1) is 6.92 Å². The molecule has 19 heavy (non-hydrogen) atoms. The van der Waals surface area contributed by atoms with Crippen molar-refractivity contribution in [3.8, 4) is 0 Å². The van der Waals surface area contributed by atoms with Crippen LogP contribution in [0.3, 0.4) is 0 Å². The van der Waals surface area contributed by atoms with Crippen LogP contribution in [0.4, 0.5) is 5.82 Å². The van der Waals surface area contributed by atoms with Crippen LogP contribution in [0.25, 0.3) is 0 Å². The Morgan fingerprint density at radius 1 is 1.37 bits per heavy atom. The van der Waals surface area contributed by atoms with E-state index in [2.05, 4.69) is 20.2 Å². The number of carbonyl (C=O) groups excluding carboxylic acids is 1. The first kappa shape index (κ1) is 11.6. The Balaban J connectivity index is 1.65. The van der Waals surface area contributed by atoms with Gasteiger partial charge in [0.05, 0.1) is 23.5 Å². The molecule has 1 fully saturated rings. The highest BCUT2D eigenvalue weighted by Crippen LogP contribution is 2.25. The molecule has 1 aliphatic heterocycles. The average molecular weight is 258 g/mol. The monoisotopic (exact) mass is 258 g/mol. The average Bonchev–Trinajstić information content (AvgIpc) is 2.79. The minimum atomic E-state index is -0.452. The van der Waals surface area contributed by atoms with Gasteiger partial charge in [-0.2, -0.15) is 10.2 Å². The summed E-state index contributed by atoms with van der Waals surface area (Å²) in [6.07, 6.45) is 3.18. The lowest BCUT2D eigenvalue weighted by molar-refractivity contribution is 0.1000. The Kier molecular flexibility index (Phi) is 2.66. The van der Waals surface area contributed by atoms with Crippen LogP contribution in [0.15, 0.2) is 24.5 Å². The number of rotatable bonds is 3. The van der Waals surface area contributed by atoms with Crippen LogP contribution in [0.5, 0.6) is 0 Å². The summed E-state index contributed by atoms with van der Waals surface area (Å²) in [5.74, 6) is 0.413. The fourth-order valence-corrected chi connectivity index (χ4v) is 2.04. The molecule has 0 atom stereocenters. The van der Waals surface area contributed by atoms with E-state index in [1.165, 1.54) is 6.20 Å². The summed E-state index contributed by atoms with van der Waals surface area (Å²) in [7, 11) is 0. The van der Waals surface area contributed by atoms with Gasteiger partial charge in [-0.1, -0.05) is 0 Å². The van der Waals surface area contributed by atoms with E-state index in [9.17, 15) is 4.79 Å². The van der Waals surface area contributed by atoms with E-state index in [0.29, 0.717) is 5.56 Å². The van der Waals surface area contributed by atoms with Crippen molar-refractivity contribution in [2.24, 2.45) is 5.73 Å². The lowest BCUT2D eigenvalue weighted by Gasteiger charge is -2.39. The van der Waals surface area contributed by atoms with E-state index >= 15 is 0 Å². The van der Waals surface area contributed by atoms with E-state index in [1.54, 1.807) is 10.9 Å². The fourth-order valence-electron chi connectivity index (χ4n) is 2.04. The summed E-state index contributed by atoms with van der Waals surface area (Å²) in [5.41, 5.74) is 6.54. The summed E-state index contributed by atoms with van der Waals surface area (Å²) in [5, 5.41) is 12.3. The van der Waals surface area contributed by atoms with Crippen molar-refractivity contribution < 1.29 is 4.79 Å². The number of carbonyl (C=O) groups is 1. The van der Waals surface area contributed by atoms with Gasteiger partial charge in [0.2, 0.25) is 0 Å². The molecule has 2 aromatic heterocycles. The first-order valence-electron chi connectivity index (χ1n) is 6.03. The summed E-state index contributed by atoms with van der Waals surface area (Å²) < 4.78 is 1.78. The van der Waals surface area contributed by atoms with Crippen molar-refractivity contribution in [2.75, 3.05) is 18.0 Å². The third kappa shape index (κ3) is 2.14. The second kappa shape index (κ2) is 4.34. The van der Waals surface area contributed by atoms with Crippen molar-refractivity contribution in [1.82, 2.24) is 20.0 Å². The van der Waals surface area contributed by atoms with Crippen LogP contribution in [-0.4, -0.2) is 39.0 Å². The first-order valence-corrected chi connectivity index (χ1v) is 6.03. The van der Waals surface area contributed by atoms with E-state index in [4.69, 9.17) is 5.73 Å². The van der Waals surface area contributed by atoms with E-state index in [0.717, 1.165) is 24.6 Å². The Hall–Kier alpha value is -2.44. The van der Waals surface area contributed by atoms with E-state index in [-0.39, 0.29) is 6.04 Å². The van der Waals surface area contributed by atoms with Gasteiger partial charge in [-0.25, -0.2) is 0 Å². The van der Waals surface area contributed by atoms with Crippen LogP contribution >= 0.6 is 0 Å². The minimum absolute atomic E-state index is 0.246. The zero-order chi connectivity index (χ0) is 13.4. The van der Waals surface area contributed by atoms with Gasteiger partial charge in [-0.3, -0.25) is 9.48 Å². The molecule has 3 heterocycles. The Bertz CT molecular complexity index is 599. The lowest BCUT2D eigenvalue weighted by Crippen LogP contribution is -2.48. The summed E-state index contributed by atoms with van der Waals surface area (Å²) in [6, 6.07) is 4.14. The number of primary amides is 1. The molecule has 1 saturated heterocycles. The molecule has 2 N–H and O–H groups in total. The molecular formula is C12H14N6O. The maximum absolute atomic E-state index is 11.0. The van der Waals surface area contributed by atoms with Crippen LogP contribution in [0.2, 0.25) is 0 Å². The number of amides is 1. The Morgan fingerprint density at radius 3 is 2.74 bits per heavy atom. The highest BCUT2D eigenvalue weighted by atomic mass is 16.1. The molecule has 0 aromatic carbocycles.